The highest BCUT2D eigenvalue weighted by Crippen LogP contribution is 2.30. The van der Waals surface area contributed by atoms with E-state index in [1.807, 2.05) is 6.07 Å². The molecule has 0 heterocycles. The van der Waals surface area contributed by atoms with Gasteiger partial charge in [-0.15, -0.1) is 0 Å². The largest absolute Gasteiger partial charge is 0.323 e. The molecule has 2 N–H and O–H groups in total. The molecule has 2 rings (SSSR count). The number of nitrogens with zero attached hydrogens (tertiary/aromatic N) is 1. The first-order valence-corrected chi connectivity index (χ1v) is 6.71. The molecule has 1 aromatic rings. The normalized spacial score (nSPS) is 17.7. The minimum absolute atomic E-state index is 0.136. The van der Waals surface area contributed by atoms with E-state index in [1.165, 1.54) is 24.9 Å². The first-order chi connectivity index (χ1) is 8.16. The van der Waals surface area contributed by atoms with E-state index in [2.05, 4.69) is 43.0 Å². The second kappa shape index (κ2) is 5.65. The molecule has 1 fully saturated rings. The van der Waals surface area contributed by atoms with Gasteiger partial charge in [-0.2, -0.15) is 0 Å². The van der Waals surface area contributed by atoms with Crippen molar-refractivity contribution in [3.05, 3.63) is 35.9 Å². The summed E-state index contributed by atoms with van der Waals surface area (Å²) in [4.78, 5) is 2.52. The molecule has 1 saturated carbocycles. The van der Waals surface area contributed by atoms with Crippen LogP contribution >= 0.6 is 0 Å². The summed E-state index contributed by atoms with van der Waals surface area (Å²) in [5, 5.41) is 0. The molecule has 2 nitrogen and oxygen atoms in total. The van der Waals surface area contributed by atoms with Gasteiger partial charge in [-0.05, 0) is 38.2 Å². The fourth-order valence-corrected chi connectivity index (χ4v) is 2.19. The lowest BCUT2D eigenvalue weighted by molar-refractivity contribution is 0.200. The van der Waals surface area contributed by atoms with Crippen LogP contribution < -0.4 is 5.73 Å². The Hall–Kier alpha value is -0.860. The molecule has 1 aliphatic rings. The summed E-state index contributed by atoms with van der Waals surface area (Å²) in [5.41, 5.74) is 7.53. The minimum atomic E-state index is 0.136. The third kappa shape index (κ3) is 3.83. The van der Waals surface area contributed by atoms with Crippen molar-refractivity contribution in [3.63, 3.8) is 0 Å². The molecule has 0 spiro atoms. The average Bonchev–Trinajstić information content (AvgIpc) is 3.13. The van der Waals surface area contributed by atoms with Crippen LogP contribution in [0.1, 0.15) is 38.3 Å². The Bertz CT molecular complexity index is 330. The van der Waals surface area contributed by atoms with Crippen LogP contribution in [0.25, 0.3) is 0 Å². The van der Waals surface area contributed by atoms with Crippen LogP contribution in [0.2, 0.25) is 0 Å². The first-order valence-electron chi connectivity index (χ1n) is 6.71. The summed E-state index contributed by atoms with van der Waals surface area (Å²) in [5.74, 6) is 0.931. The molecule has 0 amide bonds. The first kappa shape index (κ1) is 12.6. The zero-order valence-electron chi connectivity index (χ0n) is 11.0. The van der Waals surface area contributed by atoms with Crippen molar-refractivity contribution in [2.75, 3.05) is 13.1 Å². The topological polar surface area (TPSA) is 29.3 Å². The van der Waals surface area contributed by atoms with Gasteiger partial charge in [-0.3, -0.25) is 4.90 Å². The van der Waals surface area contributed by atoms with Gasteiger partial charge in [0.1, 0.15) is 0 Å². The molecule has 0 aliphatic heterocycles. The zero-order valence-corrected chi connectivity index (χ0v) is 11.0. The van der Waals surface area contributed by atoms with E-state index in [-0.39, 0.29) is 6.04 Å². The van der Waals surface area contributed by atoms with Gasteiger partial charge in [0.25, 0.3) is 0 Å². The third-order valence-corrected chi connectivity index (χ3v) is 3.58. The maximum absolute atomic E-state index is 6.29. The van der Waals surface area contributed by atoms with Crippen molar-refractivity contribution >= 4 is 0 Å². The summed E-state index contributed by atoms with van der Waals surface area (Å²) < 4.78 is 0. The van der Waals surface area contributed by atoms with Gasteiger partial charge in [0.15, 0.2) is 0 Å². The second-order valence-corrected chi connectivity index (χ2v) is 5.51. The molecule has 0 bridgehead atoms. The molecule has 1 unspecified atom stereocenters. The lowest BCUT2D eigenvalue weighted by atomic mass is 10.1. The monoisotopic (exact) mass is 232 g/mol. The Morgan fingerprint density at radius 3 is 2.41 bits per heavy atom. The fraction of sp³-hybridized carbons (Fsp3) is 0.600. The summed E-state index contributed by atoms with van der Waals surface area (Å²) in [7, 11) is 0. The Labute approximate surface area is 105 Å². The van der Waals surface area contributed by atoms with Gasteiger partial charge in [0.2, 0.25) is 0 Å². The molecule has 94 valence electrons. The van der Waals surface area contributed by atoms with E-state index in [0.717, 1.165) is 12.5 Å². The van der Waals surface area contributed by atoms with Crippen LogP contribution in [0.4, 0.5) is 0 Å². The highest BCUT2D eigenvalue weighted by atomic mass is 15.2. The van der Waals surface area contributed by atoms with Gasteiger partial charge in [-0.1, -0.05) is 30.3 Å². The zero-order chi connectivity index (χ0) is 12.3. The van der Waals surface area contributed by atoms with E-state index in [4.69, 9.17) is 5.73 Å². The lowest BCUT2D eigenvalue weighted by Crippen LogP contribution is -2.38. The van der Waals surface area contributed by atoms with Gasteiger partial charge in [-0.25, -0.2) is 0 Å². The Morgan fingerprint density at radius 1 is 1.24 bits per heavy atom. The van der Waals surface area contributed by atoms with E-state index in [9.17, 15) is 0 Å². The molecule has 0 saturated heterocycles. The maximum Gasteiger partial charge on any atom is 0.0424 e. The average molecular weight is 232 g/mol. The molecule has 1 aliphatic carbocycles. The lowest BCUT2D eigenvalue weighted by Gasteiger charge is -2.29. The van der Waals surface area contributed by atoms with Crippen molar-refractivity contribution in [1.82, 2.24) is 4.90 Å². The fourth-order valence-electron chi connectivity index (χ4n) is 2.19. The van der Waals surface area contributed by atoms with Crippen LogP contribution in [0, 0.1) is 5.92 Å². The molecule has 1 aromatic carbocycles. The Balaban J connectivity index is 1.92. The summed E-state index contributed by atoms with van der Waals surface area (Å²) in [6.45, 7) is 6.72. The standard InChI is InChI=1S/C15H24N2/c1-12(2)17(10-13-8-9-13)11-15(16)14-6-4-3-5-7-14/h3-7,12-13,15H,8-11,16H2,1-2H3. The molecule has 17 heavy (non-hydrogen) atoms. The summed E-state index contributed by atoms with van der Waals surface area (Å²) >= 11 is 0. The van der Waals surface area contributed by atoms with E-state index in [1.54, 1.807) is 0 Å². The molecule has 2 heteroatoms. The maximum atomic E-state index is 6.29. The molecule has 0 radical (unpaired) electrons. The number of rotatable bonds is 6. The highest BCUT2D eigenvalue weighted by Gasteiger charge is 2.26. The van der Waals surface area contributed by atoms with Gasteiger partial charge < -0.3 is 5.73 Å². The van der Waals surface area contributed by atoms with Crippen LogP contribution in [-0.4, -0.2) is 24.0 Å². The van der Waals surface area contributed by atoms with Crippen molar-refractivity contribution in [2.24, 2.45) is 11.7 Å². The SMILES string of the molecule is CC(C)N(CC1CC1)CC(N)c1ccccc1. The predicted octanol–water partition coefficient (Wildman–Crippen LogP) is 2.81. The second-order valence-electron chi connectivity index (χ2n) is 5.51. The quantitative estimate of drug-likeness (QED) is 0.817. The van der Waals surface area contributed by atoms with Crippen molar-refractivity contribution in [1.29, 1.82) is 0 Å². The van der Waals surface area contributed by atoms with Gasteiger partial charge in [0, 0.05) is 25.2 Å². The van der Waals surface area contributed by atoms with Crippen LogP contribution in [0.15, 0.2) is 30.3 Å². The molecular weight excluding hydrogens is 208 g/mol. The summed E-state index contributed by atoms with van der Waals surface area (Å²) in [6.07, 6.45) is 2.81. The number of nitrogens with two attached hydrogens (primary N) is 1. The number of hydrogen-bond acceptors (Lipinski definition) is 2. The minimum Gasteiger partial charge on any atom is -0.323 e. The third-order valence-electron chi connectivity index (χ3n) is 3.58. The smallest absolute Gasteiger partial charge is 0.0424 e. The number of hydrogen-bond donors (Lipinski definition) is 1. The Kier molecular flexibility index (Phi) is 4.19. The van der Waals surface area contributed by atoms with Crippen LogP contribution in [-0.2, 0) is 0 Å². The highest BCUT2D eigenvalue weighted by molar-refractivity contribution is 5.18. The van der Waals surface area contributed by atoms with Crippen molar-refractivity contribution in [3.8, 4) is 0 Å². The van der Waals surface area contributed by atoms with Crippen LogP contribution in [0.3, 0.4) is 0 Å². The predicted molar refractivity (Wildman–Crippen MR) is 72.8 cm³/mol. The van der Waals surface area contributed by atoms with Gasteiger partial charge in [0.05, 0.1) is 0 Å². The molecule has 0 aromatic heterocycles. The van der Waals surface area contributed by atoms with Gasteiger partial charge >= 0.3 is 0 Å². The molecular formula is C15H24N2. The van der Waals surface area contributed by atoms with E-state index in [0.29, 0.717) is 6.04 Å². The summed E-state index contributed by atoms with van der Waals surface area (Å²) in [6, 6.07) is 11.1. The van der Waals surface area contributed by atoms with Crippen LogP contribution in [0.5, 0.6) is 0 Å². The van der Waals surface area contributed by atoms with E-state index >= 15 is 0 Å². The molecule has 1 atom stereocenters. The number of benzene rings is 1. The van der Waals surface area contributed by atoms with Crippen molar-refractivity contribution < 1.29 is 0 Å². The van der Waals surface area contributed by atoms with E-state index < -0.39 is 0 Å². The Morgan fingerprint density at radius 2 is 1.88 bits per heavy atom. The van der Waals surface area contributed by atoms with Crippen molar-refractivity contribution in [2.45, 2.75) is 38.8 Å².